The molecule has 3 aromatic rings. The predicted molar refractivity (Wildman–Crippen MR) is 127 cm³/mol. The summed E-state index contributed by atoms with van der Waals surface area (Å²) < 4.78 is 20.6. The molecule has 6 rings (SSSR count). The number of hydrogen-bond donors (Lipinski definition) is 4. The van der Waals surface area contributed by atoms with E-state index < -0.39 is 0 Å². The molecule has 33 heavy (non-hydrogen) atoms. The van der Waals surface area contributed by atoms with Crippen molar-refractivity contribution in [1.29, 1.82) is 0 Å². The van der Waals surface area contributed by atoms with E-state index in [-0.39, 0.29) is 23.9 Å². The van der Waals surface area contributed by atoms with Crippen LogP contribution < -0.4 is 26.0 Å². The molecule has 1 saturated heterocycles. The third kappa shape index (κ3) is 3.19. The van der Waals surface area contributed by atoms with Crippen molar-refractivity contribution >= 4 is 39.3 Å². The molecule has 0 bridgehead atoms. The fourth-order valence-corrected chi connectivity index (χ4v) is 5.34. The van der Waals surface area contributed by atoms with Crippen LogP contribution in [-0.4, -0.2) is 53.0 Å². The van der Waals surface area contributed by atoms with E-state index in [2.05, 4.69) is 30.5 Å². The van der Waals surface area contributed by atoms with Gasteiger partial charge in [0.2, 0.25) is 0 Å². The maximum atomic E-state index is 14.5. The Balaban J connectivity index is 1.50. The smallest absolute Gasteiger partial charge is 0.325 e. The lowest BCUT2D eigenvalue weighted by Crippen LogP contribution is -2.46. The topological polar surface area (TPSA) is 116 Å². The Morgan fingerprint density at radius 1 is 1.27 bits per heavy atom. The highest BCUT2D eigenvalue weighted by molar-refractivity contribution is 6.14. The highest BCUT2D eigenvalue weighted by Gasteiger charge is 2.46. The quantitative estimate of drug-likeness (QED) is 0.483. The van der Waals surface area contributed by atoms with Crippen molar-refractivity contribution < 1.29 is 9.13 Å². The van der Waals surface area contributed by atoms with Gasteiger partial charge in [-0.15, -0.1) is 0 Å². The number of halogens is 1. The first-order valence-electron chi connectivity index (χ1n) is 11.3. The minimum atomic E-state index is -0.317. The van der Waals surface area contributed by atoms with Crippen molar-refractivity contribution in [2.45, 2.75) is 32.4 Å². The summed E-state index contributed by atoms with van der Waals surface area (Å²) in [6, 6.07) is 3.31. The Bertz CT molecular complexity index is 1330. The van der Waals surface area contributed by atoms with Gasteiger partial charge in [0.1, 0.15) is 29.1 Å². The van der Waals surface area contributed by atoms with Crippen LogP contribution in [-0.2, 0) is 0 Å². The van der Waals surface area contributed by atoms with Crippen molar-refractivity contribution in [3.63, 3.8) is 0 Å². The zero-order chi connectivity index (χ0) is 22.9. The number of nitrogens with one attached hydrogen (secondary N) is 3. The van der Waals surface area contributed by atoms with Crippen molar-refractivity contribution in [2.24, 2.45) is 22.6 Å². The molecule has 9 nitrogen and oxygen atoms in total. The molecule has 2 aliphatic heterocycles. The standard InChI is InChI=1S/C23H27FN8O/c1-10-18(7-27-11(2)28-10)33-23-30-21-19(14-5-13(24)6-17(26-3)20(14)29-21)22(31-23)32-8-12-4-16(25)15(12)9-32/h5-7,10,12,15-16,26H,4,8-9,25H2,1-3H3,(H,27,28)(H,29,30,31)/t10?,12-,15+,16-/m1/s1. The third-order valence-electron chi connectivity index (χ3n) is 7.10. The lowest BCUT2D eigenvalue weighted by molar-refractivity contribution is 0.194. The third-order valence-corrected chi connectivity index (χ3v) is 7.10. The highest BCUT2D eigenvalue weighted by Crippen LogP contribution is 2.44. The first-order valence-corrected chi connectivity index (χ1v) is 11.3. The summed E-state index contributed by atoms with van der Waals surface area (Å²) in [6.45, 7) is 5.55. The zero-order valence-corrected chi connectivity index (χ0v) is 18.8. The molecule has 2 fully saturated rings. The van der Waals surface area contributed by atoms with Gasteiger partial charge in [-0.05, 0) is 44.2 Å². The van der Waals surface area contributed by atoms with E-state index in [1.54, 1.807) is 13.2 Å². The van der Waals surface area contributed by atoms with Crippen LogP contribution in [0, 0.1) is 17.7 Å². The number of rotatable bonds is 4. The Kier molecular flexibility index (Phi) is 4.48. The molecule has 172 valence electrons. The summed E-state index contributed by atoms with van der Waals surface area (Å²) in [5, 5.41) is 7.69. The minimum Gasteiger partial charge on any atom is -0.425 e. The van der Waals surface area contributed by atoms with Crippen LogP contribution in [0.5, 0.6) is 6.01 Å². The molecule has 0 radical (unpaired) electrons. The Labute approximate surface area is 190 Å². The maximum Gasteiger partial charge on any atom is 0.325 e. The number of nitrogens with zero attached hydrogens (tertiary/aromatic N) is 4. The van der Waals surface area contributed by atoms with Crippen LogP contribution in [0.3, 0.4) is 0 Å². The van der Waals surface area contributed by atoms with Crippen LogP contribution in [0.4, 0.5) is 15.9 Å². The number of nitrogens with two attached hydrogens (primary N) is 1. The highest BCUT2D eigenvalue weighted by atomic mass is 19.1. The van der Waals surface area contributed by atoms with Gasteiger partial charge >= 0.3 is 6.01 Å². The summed E-state index contributed by atoms with van der Waals surface area (Å²) in [5.74, 6) is 2.90. The number of aromatic nitrogens is 3. The number of fused-ring (bicyclic) bond motifs is 4. The molecular formula is C23H27FN8O. The van der Waals surface area contributed by atoms with Gasteiger partial charge in [-0.3, -0.25) is 4.99 Å². The molecule has 0 amide bonds. The Morgan fingerprint density at radius 3 is 2.85 bits per heavy atom. The van der Waals surface area contributed by atoms with Gasteiger partial charge in [-0.2, -0.15) is 9.97 Å². The van der Waals surface area contributed by atoms with Gasteiger partial charge < -0.3 is 31.0 Å². The van der Waals surface area contributed by atoms with E-state index in [1.165, 1.54) is 12.1 Å². The number of anilines is 2. The molecule has 1 saturated carbocycles. The second-order valence-corrected chi connectivity index (χ2v) is 9.22. The second kappa shape index (κ2) is 7.31. The first-order chi connectivity index (χ1) is 15.9. The van der Waals surface area contributed by atoms with Gasteiger partial charge in [0, 0.05) is 37.8 Å². The molecular weight excluding hydrogens is 423 g/mol. The summed E-state index contributed by atoms with van der Waals surface area (Å²) in [5.41, 5.74) is 8.30. The fourth-order valence-electron chi connectivity index (χ4n) is 5.34. The van der Waals surface area contributed by atoms with Crippen LogP contribution in [0.15, 0.2) is 29.1 Å². The van der Waals surface area contributed by atoms with E-state index in [0.29, 0.717) is 28.9 Å². The van der Waals surface area contributed by atoms with Gasteiger partial charge in [-0.1, -0.05) is 0 Å². The number of H-pyrrole nitrogens is 1. The summed E-state index contributed by atoms with van der Waals surface area (Å²) >= 11 is 0. The van der Waals surface area contributed by atoms with Crippen molar-refractivity contribution in [1.82, 2.24) is 20.3 Å². The zero-order valence-electron chi connectivity index (χ0n) is 18.8. The number of aliphatic imine (C=N–C) groups is 1. The average Bonchev–Trinajstić information content (AvgIpc) is 3.32. The molecule has 4 atom stereocenters. The molecule has 4 heterocycles. The van der Waals surface area contributed by atoms with E-state index in [0.717, 1.165) is 47.5 Å². The maximum absolute atomic E-state index is 14.5. The molecule has 3 aliphatic rings. The van der Waals surface area contributed by atoms with E-state index in [1.807, 2.05) is 13.8 Å². The molecule has 1 aromatic carbocycles. The molecule has 2 aromatic heterocycles. The SMILES string of the molecule is CNc1cc(F)cc2c1[nH]c1nc(OC3=CNC(C)=NC3C)nc(N3C[C@H]4C[C@@H](N)[C@H]4C3)c12. The molecule has 0 spiro atoms. The Morgan fingerprint density at radius 2 is 2.12 bits per heavy atom. The monoisotopic (exact) mass is 450 g/mol. The van der Waals surface area contributed by atoms with Crippen LogP contribution in [0.1, 0.15) is 20.3 Å². The van der Waals surface area contributed by atoms with Gasteiger partial charge in [0.05, 0.1) is 22.4 Å². The van der Waals surface area contributed by atoms with Crippen molar-refractivity contribution in [2.75, 3.05) is 30.4 Å². The predicted octanol–water partition coefficient (Wildman–Crippen LogP) is 2.71. The molecule has 5 N–H and O–H groups in total. The fraction of sp³-hybridized carbons (Fsp3) is 0.435. The molecule has 1 aliphatic carbocycles. The van der Waals surface area contributed by atoms with Crippen LogP contribution in [0.25, 0.3) is 21.9 Å². The number of ether oxygens (including phenoxy) is 1. The normalized spacial score (nSPS) is 26.5. The van der Waals surface area contributed by atoms with Gasteiger partial charge in [0.25, 0.3) is 0 Å². The Hall–Kier alpha value is -3.40. The number of benzene rings is 1. The number of hydrogen-bond acceptors (Lipinski definition) is 8. The van der Waals surface area contributed by atoms with Crippen LogP contribution in [0.2, 0.25) is 0 Å². The van der Waals surface area contributed by atoms with E-state index in [4.69, 9.17) is 15.5 Å². The van der Waals surface area contributed by atoms with Gasteiger partial charge in [-0.25, -0.2) is 4.39 Å². The van der Waals surface area contributed by atoms with Crippen molar-refractivity contribution in [3.8, 4) is 6.01 Å². The molecule has 1 unspecified atom stereocenters. The van der Waals surface area contributed by atoms with Gasteiger partial charge in [0.15, 0.2) is 0 Å². The number of aromatic amines is 1. The largest absolute Gasteiger partial charge is 0.425 e. The average molecular weight is 451 g/mol. The minimum absolute atomic E-state index is 0.151. The lowest BCUT2D eigenvalue weighted by atomic mass is 9.72. The molecule has 10 heteroatoms. The van der Waals surface area contributed by atoms with E-state index in [9.17, 15) is 4.39 Å². The summed E-state index contributed by atoms with van der Waals surface area (Å²) in [4.78, 5) is 19.6. The lowest BCUT2D eigenvalue weighted by Gasteiger charge is -2.36. The summed E-state index contributed by atoms with van der Waals surface area (Å²) in [6.07, 6.45) is 2.81. The van der Waals surface area contributed by atoms with Crippen molar-refractivity contribution in [3.05, 3.63) is 29.9 Å². The first kappa shape index (κ1) is 20.2. The van der Waals surface area contributed by atoms with E-state index >= 15 is 0 Å². The van der Waals surface area contributed by atoms with Crippen LogP contribution >= 0.6 is 0 Å². The second-order valence-electron chi connectivity index (χ2n) is 9.22. The summed E-state index contributed by atoms with van der Waals surface area (Å²) in [7, 11) is 1.77. The number of amidine groups is 1.